The highest BCUT2D eigenvalue weighted by Crippen LogP contribution is 2.36. The van der Waals surface area contributed by atoms with Crippen molar-refractivity contribution in [3.05, 3.63) is 71.6 Å². The van der Waals surface area contributed by atoms with Gasteiger partial charge in [0, 0.05) is 31.2 Å². The number of carbonyl (C=O) groups excluding carboxylic acids is 1. The Morgan fingerprint density at radius 2 is 2.00 bits per heavy atom. The molecule has 152 valence electrons. The second-order valence-electron chi connectivity index (χ2n) is 7.48. The summed E-state index contributed by atoms with van der Waals surface area (Å²) in [5.41, 5.74) is 1.94. The van der Waals surface area contributed by atoms with Gasteiger partial charge >= 0.3 is 0 Å². The molecule has 2 aliphatic rings. The number of nitrogens with zero attached hydrogens (tertiary/aromatic N) is 1. The minimum absolute atomic E-state index is 0.0104. The van der Waals surface area contributed by atoms with Gasteiger partial charge in [-0.05, 0) is 37.1 Å². The molecule has 2 heterocycles. The number of halogens is 1. The number of amides is 1. The van der Waals surface area contributed by atoms with Crippen molar-refractivity contribution in [2.45, 2.75) is 32.5 Å². The lowest BCUT2D eigenvalue weighted by atomic mass is 9.95. The molecule has 0 spiro atoms. The third-order valence-corrected chi connectivity index (χ3v) is 5.62. The number of rotatable bonds is 5. The lowest BCUT2D eigenvalue weighted by Gasteiger charge is -2.32. The van der Waals surface area contributed by atoms with E-state index in [4.69, 9.17) is 9.47 Å². The number of allylic oxidation sites excluding steroid dienone is 1. The summed E-state index contributed by atoms with van der Waals surface area (Å²) in [5.74, 6) is 1.14. The summed E-state index contributed by atoms with van der Waals surface area (Å²) in [6.07, 6.45) is 4.89. The number of hydrogen-bond acceptors (Lipinski definition) is 4. The Labute approximate surface area is 170 Å². The Balaban J connectivity index is 1.43. The molecule has 0 fully saturated rings. The predicted octanol–water partition coefficient (Wildman–Crippen LogP) is 3.64. The number of para-hydroxylation sites is 1. The average molecular weight is 396 g/mol. The molecule has 0 aliphatic carbocycles. The van der Waals surface area contributed by atoms with Gasteiger partial charge in [-0.3, -0.25) is 9.69 Å². The van der Waals surface area contributed by atoms with E-state index in [9.17, 15) is 9.18 Å². The number of carbonyl (C=O) groups is 1. The monoisotopic (exact) mass is 396 g/mol. The molecule has 2 aromatic rings. The Hall–Kier alpha value is -2.86. The van der Waals surface area contributed by atoms with Crippen LogP contribution in [0.1, 0.15) is 24.5 Å². The normalized spacial score (nSPS) is 21.0. The highest BCUT2D eigenvalue weighted by atomic mass is 19.1. The van der Waals surface area contributed by atoms with E-state index in [1.165, 1.54) is 12.1 Å². The van der Waals surface area contributed by atoms with Crippen molar-refractivity contribution >= 4 is 5.91 Å². The molecule has 1 amide bonds. The van der Waals surface area contributed by atoms with Gasteiger partial charge in [-0.25, -0.2) is 4.39 Å². The van der Waals surface area contributed by atoms with Gasteiger partial charge in [0.15, 0.2) is 11.5 Å². The summed E-state index contributed by atoms with van der Waals surface area (Å²) in [6.45, 7) is 4.18. The standard InChI is InChI=1S/C23H25FN2O3/c1-16-20(23(27)25-13-17-8-10-19(24)11-9-17)6-2-3-12-26(16)14-18-5-4-7-21-22(18)29-15-28-21/h2-5,7-11,16,20H,6,12-15H2,1H3,(H,25,27)/t16-,20+/m1/s1. The van der Waals surface area contributed by atoms with Gasteiger partial charge in [0.2, 0.25) is 12.7 Å². The number of benzene rings is 2. The van der Waals surface area contributed by atoms with Gasteiger partial charge in [-0.1, -0.05) is 36.4 Å². The van der Waals surface area contributed by atoms with Crippen LogP contribution in [0.2, 0.25) is 0 Å². The maximum atomic E-state index is 13.1. The smallest absolute Gasteiger partial charge is 0.231 e. The van der Waals surface area contributed by atoms with Crippen LogP contribution in [0, 0.1) is 11.7 Å². The van der Waals surface area contributed by atoms with Gasteiger partial charge in [0.05, 0.1) is 5.92 Å². The van der Waals surface area contributed by atoms with E-state index in [1.807, 2.05) is 18.2 Å². The zero-order valence-electron chi connectivity index (χ0n) is 16.4. The van der Waals surface area contributed by atoms with E-state index >= 15 is 0 Å². The maximum absolute atomic E-state index is 13.1. The Morgan fingerprint density at radius 3 is 2.83 bits per heavy atom. The highest BCUT2D eigenvalue weighted by Gasteiger charge is 2.31. The van der Waals surface area contributed by atoms with Gasteiger partial charge in [-0.2, -0.15) is 0 Å². The summed E-state index contributed by atoms with van der Waals surface area (Å²) < 4.78 is 24.2. The summed E-state index contributed by atoms with van der Waals surface area (Å²) in [5, 5.41) is 3.01. The molecule has 2 aromatic carbocycles. The van der Waals surface area contributed by atoms with E-state index in [2.05, 4.69) is 29.3 Å². The zero-order chi connectivity index (χ0) is 20.2. The van der Waals surface area contributed by atoms with Crippen LogP contribution in [0.3, 0.4) is 0 Å². The minimum atomic E-state index is -0.278. The van der Waals surface area contributed by atoms with E-state index < -0.39 is 0 Å². The summed E-state index contributed by atoms with van der Waals surface area (Å²) in [4.78, 5) is 15.2. The molecular formula is C23H25FN2O3. The summed E-state index contributed by atoms with van der Waals surface area (Å²) in [6, 6.07) is 12.2. The fourth-order valence-corrected chi connectivity index (χ4v) is 3.86. The fourth-order valence-electron chi connectivity index (χ4n) is 3.86. The molecule has 0 saturated carbocycles. The van der Waals surface area contributed by atoms with Crippen molar-refractivity contribution in [3.63, 3.8) is 0 Å². The largest absolute Gasteiger partial charge is 0.454 e. The first-order valence-corrected chi connectivity index (χ1v) is 9.90. The third-order valence-electron chi connectivity index (χ3n) is 5.62. The van der Waals surface area contributed by atoms with Crippen LogP contribution in [-0.4, -0.2) is 30.2 Å². The SMILES string of the molecule is C[C@@H]1[C@@H](C(=O)NCc2ccc(F)cc2)CC=CCN1Cc1cccc2c1OCO2. The lowest BCUT2D eigenvalue weighted by Crippen LogP contribution is -2.44. The van der Waals surface area contributed by atoms with Gasteiger partial charge in [0.1, 0.15) is 5.82 Å². The van der Waals surface area contributed by atoms with Crippen molar-refractivity contribution in [1.82, 2.24) is 10.2 Å². The average Bonchev–Trinajstić information content (AvgIpc) is 3.14. The first-order valence-electron chi connectivity index (χ1n) is 9.90. The Kier molecular flexibility index (Phi) is 5.81. The Morgan fingerprint density at radius 1 is 1.17 bits per heavy atom. The van der Waals surface area contributed by atoms with Crippen LogP contribution in [0.5, 0.6) is 11.5 Å². The second kappa shape index (κ2) is 8.66. The molecule has 0 unspecified atom stereocenters. The van der Waals surface area contributed by atoms with E-state index in [1.54, 1.807) is 12.1 Å². The van der Waals surface area contributed by atoms with Crippen molar-refractivity contribution in [2.75, 3.05) is 13.3 Å². The first kappa shape index (κ1) is 19.5. The topological polar surface area (TPSA) is 50.8 Å². The van der Waals surface area contributed by atoms with Crippen molar-refractivity contribution < 1.29 is 18.7 Å². The Bertz CT molecular complexity index is 897. The molecule has 4 rings (SSSR count). The van der Waals surface area contributed by atoms with Crippen molar-refractivity contribution in [1.29, 1.82) is 0 Å². The lowest BCUT2D eigenvalue weighted by molar-refractivity contribution is -0.127. The molecule has 0 bridgehead atoms. The third kappa shape index (κ3) is 4.43. The molecule has 0 radical (unpaired) electrons. The molecule has 2 atom stereocenters. The maximum Gasteiger partial charge on any atom is 0.231 e. The second-order valence-corrected chi connectivity index (χ2v) is 7.48. The van der Waals surface area contributed by atoms with Crippen LogP contribution in [0.25, 0.3) is 0 Å². The molecule has 0 aromatic heterocycles. The van der Waals surface area contributed by atoms with Gasteiger partial charge < -0.3 is 14.8 Å². The van der Waals surface area contributed by atoms with Crippen LogP contribution < -0.4 is 14.8 Å². The summed E-state index contributed by atoms with van der Waals surface area (Å²) >= 11 is 0. The molecule has 1 N–H and O–H groups in total. The minimum Gasteiger partial charge on any atom is -0.454 e. The van der Waals surface area contributed by atoms with E-state index in [0.717, 1.165) is 29.2 Å². The first-order chi connectivity index (χ1) is 14.1. The van der Waals surface area contributed by atoms with E-state index in [0.29, 0.717) is 19.5 Å². The molecule has 2 aliphatic heterocycles. The quantitative estimate of drug-likeness (QED) is 0.784. The van der Waals surface area contributed by atoms with Crippen LogP contribution in [0.15, 0.2) is 54.6 Å². The number of ether oxygens (including phenoxy) is 2. The van der Waals surface area contributed by atoms with Crippen LogP contribution in [0.4, 0.5) is 4.39 Å². The number of hydrogen-bond donors (Lipinski definition) is 1. The van der Waals surface area contributed by atoms with E-state index in [-0.39, 0.29) is 30.5 Å². The van der Waals surface area contributed by atoms with Gasteiger partial charge in [0.25, 0.3) is 0 Å². The number of nitrogens with one attached hydrogen (secondary N) is 1. The highest BCUT2D eigenvalue weighted by molar-refractivity contribution is 5.79. The zero-order valence-corrected chi connectivity index (χ0v) is 16.4. The van der Waals surface area contributed by atoms with Crippen LogP contribution >= 0.6 is 0 Å². The molecular weight excluding hydrogens is 371 g/mol. The molecule has 5 nitrogen and oxygen atoms in total. The van der Waals surface area contributed by atoms with Crippen LogP contribution in [-0.2, 0) is 17.9 Å². The summed E-state index contributed by atoms with van der Waals surface area (Å²) in [7, 11) is 0. The molecule has 6 heteroatoms. The molecule has 0 saturated heterocycles. The van der Waals surface area contributed by atoms with Crippen molar-refractivity contribution in [3.8, 4) is 11.5 Å². The number of fused-ring (bicyclic) bond motifs is 1. The molecule has 29 heavy (non-hydrogen) atoms. The van der Waals surface area contributed by atoms with Gasteiger partial charge in [-0.15, -0.1) is 0 Å². The van der Waals surface area contributed by atoms with Crippen molar-refractivity contribution in [2.24, 2.45) is 5.92 Å². The predicted molar refractivity (Wildman–Crippen MR) is 108 cm³/mol. The fraction of sp³-hybridized carbons (Fsp3) is 0.348.